The van der Waals surface area contributed by atoms with Crippen molar-refractivity contribution in [2.24, 2.45) is 4.99 Å². The fraction of sp³-hybridized carbons (Fsp3) is 0.375. The molecule has 1 aromatic carbocycles. The van der Waals surface area contributed by atoms with Gasteiger partial charge in [-0.2, -0.15) is 0 Å². The van der Waals surface area contributed by atoms with Crippen molar-refractivity contribution >= 4 is 11.8 Å². The molecule has 1 N–H and O–H groups in total. The molecule has 2 aliphatic heterocycles. The van der Waals surface area contributed by atoms with Gasteiger partial charge >= 0.3 is 5.97 Å². The number of hydrogen-bond acceptors (Lipinski definition) is 7. The van der Waals surface area contributed by atoms with Gasteiger partial charge in [-0.15, -0.1) is 0 Å². The van der Waals surface area contributed by atoms with Crippen LogP contribution in [-0.4, -0.2) is 61.6 Å². The first-order valence-corrected chi connectivity index (χ1v) is 10.8. The van der Waals surface area contributed by atoms with Gasteiger partial charge in [0, 0.05) is 31.5 Å². The molecule has 3 aliphatic rings. The minimum absolute atomic E-state index is 0.291. The molecule has 8 heteroatoms. The minimum atomic E-state index is -0.949. The number of carbonyl (C=O) groups excluding carboxylic acids is 1. The third-order valence-corrected chi connectivity index (χ3v) is 6.34. The monoisotopic (exact) mass is 436 g/mol. The summed E-state index contributed by atoms with van der Waals surface area (Å²) in [4.78, 5) is 25.0. The van der Waals surface area contributed by atoms with Crippen molar-refractivity contribution in [1.82, 2.24) is 15.2 Å². The van der Waals surface area contributed by atoms with E-state index in [4.69, 9.17) is 14.5 Å². The van der Waals surface area contributed by atoms with E-state index in [9.17, 15) is 9.18 Å². The minimum Gasteiger partial charge on any atom is -0.466 e. The summed E-state index contributed by atoms with van der Waals surface area (Å²) in [5.74, 6) is -0.124. The zero-order chi connectivity index (χ0) is 22.1. The van der Waals surface area contributed by atoms with Crippen LogP contribution in [0.5, 0.6) is 0 Å². The zero-order valence-electron chi connectivity index (χ0n) is 17.9. The molecule has 0 amide bonds. The summed E-state index contributed by atoms with van der Waals surface area (Å²) in [6.07, 6.45) is 2.89. The number of carbonyl (C=O) groups is 1. The lowest BCUT2D eigenvalue weighted by atomic mass is 9.81. The number of amidine groups is 1. The lowest BCUT2D eigenvalue weighted by Gasteiger charge is -2.37. The van der Waals surface area contributed by atoms with Crippen molar-refractivity contribution in [3.8, 4) is 0 Å². The summed E-state index contributed by atoms with van der Waals surface area (Å²) in [6, 6.07) is 10.4. The number of aromatic nitrogens is 1. The number of rotatable bonds is 4. The molecule has 7 nitrogen and oxygen atoms in total. The van der Waals surface area contributed by atoms with Crippen LogP contribution < -0.4 is 5.32 Å². The first-order valence-electron chi connectivity index (χ1n) is 10.8. The number of fused-ring (bicyclic) bond motifs is 2. The van der Waals surface area contributed by atoms with Crippen molar-refractivity contribution in [2.45, 2.75) is 18.4 Å². The van der Waals surface area contributed by atoms with Crippen LogP contribution >= 0.6 is 0 Å². The topological polar surface area (TPSA) is 76.0 Å². The molecule has 0 saturated carbocycles. The third-order valence-electron chi connectivity index (χ3n) is 6.34. The van der Waals surface area contributed by atoms with Crippen LogP contribution in [0.15, 0.2) is 58.9 Å². The van der Waals surface area contributed by atoms with Gasteiger partial charge in [0.05, 0.1) is 25.9 Å². The molecule has 166 valence electrons. The van der Waals surface area contributed by atoms with Crippen LogP contribution in [0, 0.1) is 5.82 Å². The maximum atomic E-state index is 14.0. The molecule has 1 fully saturated rings. The van der Waals surface area contributed by atoms with Crippen molar-refractivity contribution in [3.63, 3.8) is 0 Å². The van der Waals surface area contributed by atoms with E-state index in [0.29, 0.717) is 49.7 Å². The van der Waals surface area contributed by atoms with Gasteiger partial charge < -0.3 is 14.8 Å². The number of benzene rings is 1. The molecule has 3 heterocycles. The zero-order valence-corrected chi connectivity index (χ0v) is 17.9. The summed E-state index contributed by atoms with van der Waals surface area (Å²) in [5.41, 5.74) is 2.67. The SMILES string of the molecule is COC(=O)C1=C(CN2CCOCC2)NC(c2ccccn2)=N[C@]12CCc1cc(F)ccc12. The van der Waals surface area contributed by atoms with Crippen LogP contribution in [0.4, 0.5) is 4.39 Å². The fourth-order valence-corrected chi connectivity index (χ4v) is 4.85. The van der Waals surface area contributed by atoms with Gasteiger partial charge in [-0.3, -0.25) is 9.88 Å². The molecule has 1 aliphatic carbocycles. The summed E-state index contributed by atoms with van der Waals surface area (Å²) in [5, 5.41) is 3.39. The summed E-state index contributed by atoms with van der Waals surface area (Å²) >= 11 is 0. The number of morpholine rings is 1. The summed E-state index contributed by atoms with van der Waals surface area (Å²) < 4.78 is 24.7. The van der Waals surface area contributed by atoms with E-state index in [1.54, 1.807) is 18.3 Å². The second-order valence-electron chi connectivity index (χ2n) is 8.20. The molecule has 0 unspecified atom stereocenters. The maximum absolute atomic E-state index is 14.0. The lowest BCUT2D eigenvalue weighted by Crippen LogP contribution is -2.47. The van der Waals surface area contributed by atoms with Gasteiger partial charge in [0.1, 0.15) is 17.1 Å². The molecule has 32 heavy (non-hydrogen) atoms. The Morgan fingerprint density at radius 1 is 1.28 bits per heavy atom. The number of methoxy groups -OCH3 is 1. The highest BCUT2D eigenvalue weighted by atomic mass is 19.1. The number of esters is 1. The number of nitrogens with one attached hydrogen (secondary N) is 1. The first-order chi connectivity index (χ1) is 15.6. The Bertz CT molecular complexity index is 1100. The standard InChI is InChI=1S/C24H25FN4O3/c1-31-23(30)21-20(15-29-10-12-32-13-11-29)27-22(19-4-2-3-9-26-19)28-24(21)8-7-16-14-17(25)5-6-18(16)24/h2-6,9,14H,7-8,10-13,15H2,1H3,(H,27,28)/t24-/m0/s1. The molecule has 0 bridgehead atoms. The van der Waals surface area contributed by atoms with Gasteiger partial charge in [0.2, 0.25) is 0 Å². The third kappa shape index (κ3) is 3.59. The van der Waals surface area contributed by atoms with E-state index in [0.717, 1.165) is 29.9 Å². The van der Waals surface area contributed by atoms with Crippen LogP contribution in [0.2, 0.25) is 0 Å². The molecular weight excluding hydrogens is 411 g/mol. The Morgan fingerprint density at radius 3 is 2.88 bits per heavy atom. The van der Waals surface area contributed by atoms with Gasteiger partial charge in [0.15, 0.2) is 5.84 Å². The summed E-state index contributed by atoms with van der Waals surface area (Å²) in [6.45, 7) is 3.36. The largest absolute Gasteiger partial charge is 0.466 e. The lowest BCUT2D eigenvalue weighted by molar-refractivity contribution is -0.137. The van der Waals surface area contributed by atoms with E-state index in [2.05, 4.69) is 15.2 Å². The molecule has 1 spiro atoms. The molecular formula is C24H25FN4O3. The number of nitrogens with zero attached hydrogens (tertiary/aromatic N) is 3. The molecule has 5 rings (SSSR count). The van der Waals surface area contributed by atoms with Crippen LogP contribution in [0.1, 0.15) is 23.2 Å². The van der Waals surface area contributed by atoms with Gasteiger partial charge in [0.25, 0.3) is 0 Å². The van der Waals surface area contributed by atoms with E-state index < -0.39 is 11.5 Å². The highest BCUT2D eigenvalue weighted by Crippen LogP contribution is 2.48. The maximum Gasteiger partial charge on any atom is 0.338 e. The fourth-order valence-electron chi connectivity index (χ4n) is 4.85. The van der Waals surface area contributed by atoms with E-state index in [1.807, 2.05) is 18.2 Å². The Hall–Kier alpha value is -3.10. The Kier molecular flexibility index (Phi) is 5.48. The number of aliphatic imine (C=N–C) groups is 1. The average molecular weight is 436 g/mol. The van der Waals surface area contributed by atoms with Crippen LogP contribution in [0.25, 0.3) is 0 Å². The number of aryl methyl sites for hydroxylation is 1. The highest BCUT2D eigenvalue weighted by molar-refractivity contribution is 6.03. The van der Waals surface area contributed by atoms with E-state index in [1.165, 1.54) is 13.2 Å². The first kappa shape index (κ1) is 20.8. The predicted octanol–water partition coefficient (Wildman–Crippen LogP) is 2.17. The molecule has 1 atom stereocenters. The normalized spacial score (nSPS) is 23.0. The number of ether oxygens (including phenoxy) is 2. The van der Waals surface area contributed by atoms with Crippen molar-refractivity contribution in [3.05, 3.63) is 76.5 Å². The number of hydrogen-bond donors (Lipinski definition) is 1. The van der Waals surface area contributed by atoms with Crippen LogP contribution in [0.3, 0.4) is 0 Å². The predicted molar refractivity (Wildman–Crippen MR) is 117 cm³/mol. The Morgan fingerprint density at radius 2 is 2.12 bits per heavy atom. The number of pyridine rings is 1. The van der Waals surface area contributed by atoms with Crippen molar-refractivity contribution in [2.75, 3.05) is 40.0 Å². The second kappa shape index (κ2) is 8.44. The quantitative estimate of drug-likeness (QED) is 0.741. The smallest absolute Gasteiger partial charge is 0.338 e. The van der Waals surface area contributed by atoms with Gasteiger partial charge in [-0.05, 0) is 48.2 Å². The van der Waals surface area contributed by atoms with Crippen LogP contribution in [-0.2, 0) is 26.2 Å². The van der Waals surface area contributed by atoms with E-state index in [-0.39, 0.29) is 5.82 Å². The van der Waals surface area contributed by atoms with E-state index >= 15 is 0 Å². The molecule has 1 saturated heterocycles. The van der Waals surface area contributed by atoms with Crippen molar-refractivity contribution in [1.29, 1.82) is 0 Å². The van der Waals surface area contributed by atoms with Crippen molar-refractivity contribution < 1.29 is 18.7 Å². The van der Waals surface area contributed by atoms with Gasteiger partial charge in [-0.25, -0.2) is 14.2 Å². The molecule has 2 aromatic rings. The number of halogens is 1. The summed E-state index contributed by atoms with van der Waals surface area (Å²) in [7, 11) is 1.38. The second-order valence-corrected chi connectivity index (χ2v) is 8.20. The van der Waals surface area contributed by atoms with Gasteiger partial charge in [-0.1, -0.05) is 12.1 Å². The molecule has 1 aromatic heterocycles. The molecule has 0 radical (unpaired) electrons. The Labute approximate surface area is 186 Å². The Balaban J connectivity index is 1.68. The highest BCUT2D eigenvalue weighted by Gasteiger charge is 2.49. The average Bonchev–Trinajstić information content (AvgIpc) is 3.17.